The normalized spacial score (nSPS) is 22.0. The Morgan fingerprint density at radius 1 is 1.19 bits per heavy atom. The molecule has 1 fully saturated rings. The Kier molecular flexibility index (Phi) is 8.30. The van der Waals surface area contributed by atoms with Crippen molar-refractivity contribution in [2.45, 2.75) is 39.0 Å². The first-order valence-corrected chi connectivity index (χ1v) is 8.66. The standard InChI is InChI=1S/C16H28F3N3O5/c1-15(2,3)12-11(10-20-13(24)16(17,18)19)21(6-8-27-9-7-23)4-5-22(12)14(25)26/h11-12,23H,4-10H2,1-3H3,(H,20,24)(H,25,26). The Balaban J connectivity index is 3.01. The molecule has 0 saturated carbocycles. The Bertz CT molecular complexity index is 511. The summed E-state index contributed by atoms with van der Waals surface area (Å²) in [5.74, 6) is -2.06. The van der Waals surface area contributed by atoms with E-state index in [4.69, 9.17) is 9.84 Å². The molecule has 0 radical (unpaired) electrons. The Morgan fingerprint density at radius 2 is 1.81 bits per heavy atom. The molecule has 0 aromatic carbocycles. The second-order valence-corrected chi connectivity index (χ2v) is 7.43. The van der Waals surface area contributed by atoms with Crippen molar-refractivity contribution in [3.63, 3.8) is 0 Å². The van der Waals surface area contributed by atoms with Crippen LogP contribution in [0.25, 0.3) is 0 Å². The van der Waals surface area contributed by atoms with Gasteiger partial charge in [-0.1, -0.05) is 20.8 Å². The van der Waals surface area contributed by atoms with Crippen LogP contribution in [0.1, 0.15) is 20.8 Å². The summed E-state index contributed by atoms with van der Waals surface area (Å²) in [6.07, 6.45) is -6.16. The molecule has 1 aliphatic rings. The number of hydrogen-bond donors (Lipinski definition) is 3. The lowest BCUT2D eigenvalue weighted by atomic mass is 9.79. The van der Waals surface area contributed by atoms with E-state index in [9.17, 15) is 27.9 Å². The lowest BCUT2D eigenvalue weighted by Crippen LogP contribution is -2.68. The monoisotopic (exact) mass is 399 g/mol. The number of piperazine rings is 1. The molecular formula is C16H28F3N3O5. The third kappa shape index (κ3) is 6.82. The largest absolute Gasteiger partial charge is 0.471 e. The Hall–Kier alpha value is -1.59. The summed E-state index contributed by atoms with van der Waals surface area (Å²) in [5, 5.41) is 20.2. The molecule has 1 aliphatic heterocycles. The second kappa shape index (κ2) is 9.56. The van der Waals surface area contributed by atoms with Crippen molar-refractivity contribution in [3.05, 3.63) is 0 Å². The van der Waals surface area contributed by atoms with Crippen molar-refractivity contribution < 1.29 is 37.7 Å². The fourth-order valence-electron chi connectivity index (χ4n) is 3.37. The van der Waals surface area contributed by atoms with Crippen LogP contribution in [0.4, 0.5) is 18.0 Å². The fourth-order valence-corrected chi connectivity index (χ4v) is 3.37. The number of halogens is 3. The molecule has 3 N–H and O–H groups in total. The number of aliphatic hydroxyl groups excluding tert-OH is 1. The second-order valence-electron chi connectivity index (χ2n) is 7.43. The lowest BCUT2D eigenvalue weighted by Gasteiger charge is -2.51. The quantitative estimate of drug-likeness (QED) is 0.546. The third-order valence-corrected chi connectivity index (χ3v) is 4.42. The van der Waals surface area contributed by atoms with Crippen molar-refractivity contribution in [2.24, 2.45) is 5.41 Å². The molecule has 1 heterocycles. The topological polar surface area (TPSA) is 102 Å². The average Bonchev–Trinajstić information content (AvgIpc) is 2.54. The van der Waals surface area contributed by atoms with E-state index in [-0.39, 0.29) is 32.9 Å². The number of carboxylic acid groups (broad SMARTS) is 1. The van der Waals surface area contributed by atoms with Gasteiger partial charge in [-0.25, -0.2) is 4.79 Å². The van der Waals surface area contributed by atoms with Crippen molar-refractivity contribution in [3.8, 4) is 0 Å². The molecule has 0 aromatic rings. The highest BCUT2D eigenvalue weighted by molar-refractivity contribution is 5.81. The highest BCUT2D eigenvalue weighted by atomic mass is 19.4. The van der Waals surface area contributed by atoms with Gasteiger partial charge in [0.1, 0.15) is 0 Å². The minimum atomic E-state index is -5.01. The summed E-state index contributed by atoms with van der Waals surface area (Å²) in [6.45, 7) is 6.11. The predicted molar refractivity (Wildman–Crippen MR) is 90.3 cm³/mol. The molecule has 0 aromatic heterocycles. The molecular weight excluding hydrogens is 371 g/mol. The predicted octanol–water partition coefficient (Wildman–Crippen LogP) is 0.753. The molecule has 158 valence electrons. The van der Waals surface area contributed by atoms with Crippen molar-refractivity contribution in [1.82, 2.24) is 15.1 Å². The first-order valence-electron chi connectivity index (χ1n) is 8.66. The summed E-state index contributed by atoms with van der Waals surface area (Å²) >= 11 is 0. The van der Waals surface area contributed by atoms with Gasteiger partial charge < -0.3 is 25.2 Å². The van der Waals surface area contributed by atoms with E-state index in [1.54, 1.807) is 20.8 Å². The van der Waals surface area contributed by atoms with Crippen LogP contribution in [0.3, 0.4) is 0 Å². The Labute approximate surface area is 156 Å². The molecule has 27 heavy (non-hydrogen) atoms. The van der Waals surface area contributed by atoms with Gasteiger partial charge in [0.2, 0.25) is 0 Å². The van der Waals surface area contributed by atoms with E-state index in [1.165, 1.54) is 4.90 Å². The molecule has 11 heteroatoms. The van der Waals surface area contributed by atoms with Gasteiger partial charge in [-0.2, -0.15) is 13.2 Å². The molecule has 0 aliphatic carbocycles. The molecule has 8 nitrogen and oxygen atoms in total. The van der Waals surface area contributed by atoms with Gasteiger partial charge >= 0.3 is 18.2 Å². The molecule has 2 atom stereocenters. The number of aliphatic hydroxyl groups is 1. The van der Waals surface area contributed by atoms with Crippen molar-refractivity contribution >= 4 is 12.0 Å². The number of carbonyl (C=O) groups excluding carboxylic acids is 1. The van der Waals surface area contributed by atoms with Gasteiger partial charge in [-0.05, 0) is 5.41 Å². The van der Waals surface area contributed by atoms with E-state index in [2.05, 4.69) is 0 Å². The van der Waals surface area contributed by atoms with E-state index in [0.29, 0.717) is 13.1 Å². The maximum Gasteiger partial charge on any atom is 0.471 e. The number of nitrogens with zero attached hydrogens (tertiary/aromatic N) is 2. The third-order valence-electron chi connectivity index (χ3n) is 4.42. The number of rotatable bonds is 7. The number of alkyl halides is 3. The molecule has 0 bridgehead atoms. The maximum absolute atomic E-state index is 12.6. The zero-order valence-electron chi connectivity index (χ0n) is 15.8. The summed E-state index contributed by atoms with van der Waals surface area (Å²) in [5.41, 5.74) is -0.573. The SMILES string of the molecule is CC(C)(C)C1C(CNC(=O)C(F)(F)F)N(CCOCCO)CCN1C(=O)O. The summed E-state index contributed by atoms with van der Waals surface area (Å²) in [7, 11) is 0. The van der Waals surface area contributed by atoms with E-state index in [0.717, 1.165) is 0 Å². The van der Waals surface area contributed by atoms with Crippen LogP contribution in [0.5, 0.6) is 0 Å². The minimum absolute atomic E-state index is 0.132. The Morgan fingerprint density at radius 3 is 2.30 bits per heavy atom. The number of carbonyl (C=O) groups is 2. The van der Waals surface area contributed by atoms with Gasteiger partial charge in [0.15, 0.2) is 0 Å². The van der Waals surface area contributed by atoms with Gasteiger partial charge in [-0.15, -0.1) is 0 Å². The van der Waals surface area contributed by atoms with Crippen LogP contribution in [-0.4, -0.2) is 96.3 Å². The van der Waals surface area contributed by atoms with Crippen LogP contribution in [-0.2, 0) is 9.53 Å². The number of amides is 2. The molecule has 0 spiro atoms. The smallest absolute Gasteiger partial charge is 0.465 e. The molecule has 1 saturated heterocycles. The first-order chi connectivity index (χ1) is 12.4. The van der Waals surface area contributed by atoms with Gasteiger partial charge in [0.05, 0.1) is 25.9 Å². The van der Waals surface area contributed by atoms with Gasteiger partial charge in [-0.3, -0.25) is 9.69 Å². The molecule has 2 unspecified atom stereocenters. The zero-order valence-corrected chi connectivity index (χ0v) is 15.8. The lowest BCUT2D eigenvalue weighted by molar-refractivity contribution is -0.174. The summed E-state index contributed by atoms with van der Waals surface area (Å²) < 4.78 is 42.9. The molecule has 2 amide bonds. The summed E-state index contributed by atoms with van der Waals surface area (Å²) in [4.78, 5) is 25.9. The van der Waals surface area contributed by atoms with Gasteiger partial charge in [0, 0.05) is 32.2 Å². The van der Waals surface area contributed by atoms with Crippen LogP contribution >= 0.6 is 0 Å². The maximum atomic E-state index is 12.6. The van der Waals surface area contributed by atoms with E-state index in [1.807, 2.05) is 10.2 Å². The fraction of sp³-hybridized carbons (Fsp3) is 0.875. The summed E-state index contributed by atoms with van der Waals surface area (Å²) in [6, 6.07) is -1.28. The van der Waals surface area contributed by atoms with E-state index >= 15 is 0 Å². The first kappa shape index (κ1) is 23.4. The number of ether oxygens (including phenoxy) is 1. The number of hydrogen-bond acceptors (Lipinski definition) is 5. The van der Waals surface area contributed by atoms with Crippen LogP contribution in [0.15, 0.2) is 0 Å². The highest BCUT2D eigenvalue weighted by Gasteiger charge is 2.46. The van der Waals surface area contributed by atoms with Crippen LogP contribution < -0.4 is 5.32 Å². The van der Waals surface area contributed by atoms with Crippen molar-refractivity contribution in [1.29, 1.82) is 0 Å². The average molecular weight is 399 g/mol. The highest BCUT2D eigenvalue weighted by Crippen LogP contribution is 2.32. The van der Waals surface area contributed by atoms with Crippen LogP contribution in [0.2, 0.25) is 0 Å². The number of nitrogens with one attached hydrogen (secondary N) is 1. The minimum Gasteiger partial charge on any atom is -0.465 e. The molecule has 1 rings (SSSR count). The van der Waals surface area contributed by atoms with Crippen molar-refractivity contribution in [2.75, 3.05) is 46.0 Å². The van der Waals surface area contributed by atoms with Crippen LogP contribution in [0, 0.1) is 5.41 Å². The van der Waals surface area contributed by atoms with E-state index < -0.39 is 35.7 Å². The zero-order chi connectivity index (χ0) is 20.8. The van der Waals surface area contributed by atoms with Gasteiger partial charge in [0.25, 0.3) is 0 Å².